The fourth-order valence-corrected chi connectivity index (χ4v) is 3.28. The normalized spacial score (nSPS) is 28.0. The zero-order valence-corrected chi connectivity index (χ0v) is 12.3. The second-order valence-electron chi connectivity index (χ2n) is 5.82. The summed E-state index contributed by atoms with van der Waals surface area (Å²) < 4.78 is 5.59. The molecule has 0 aliphatic carbocycles. The molecule has 0 bridgehead atoms. The van der Waals surface area contributed by atoms with Crippen LogP contribution in [0.4, 0.5) is 5.69 Å². The summed E-state index contributed by atoms with van der Waals surface area (Å²) in [5, 5.41) is 21.5. The highest BCUT2D eigenvalue weighted by molar-refractivity contribution is 5.79. The average molecular weight is 306 g/mol. The first kappa shape index (κ1) is 14.8. The minimum Gasteiger partial charge on any atom is -0.493 e. The number of rotatable bonds is 2. The fraction of sp³-hybridized carbons (Fsp3) is 0.533. The number of carbonyl (C=O) groups excluding carboxylic acids is 1. The second-order valence-corrected chi connectivity index (χ2v) is 5.82. The number of hydrogen-bond acceptors (Lipinski definition) is 5. The molecule has 2 heterocycles. The maximum absolute atomic E-state index is 12.2. The lowest BCUT2D eigenvalue weighted by Gasteiger charge is -2.34. The van der Waals surface area contributed by atoms with Gasteiger partial charge in [0, 0.05) is 36.6 Å². The highest BCUT2D eigenvalue weighted by Crippen LogP contribution is 2.41. The van der Waals surface area contributed by atoms with E-state index in [2.05, 4.69) is 0 Å². The van der Waals surface area contributed by atoms with Crippen molar-refractivity contribution in [3.05, 3.63) is 33.9 Å². The summed E-state index contributed by atoms with van der Waals surface area (Å²) >= 11 is 0. The number of fused-ring (bicyclic) bond motifs is 1. The lowest BCUT2D eigenvalue weighted by Crippen LogP contribution is -2.41. The first-order chi connectivity index (χ1) is 10.5. The summed E-state index contributed by atoms with van der Waals surface area (Å²) in [5.41, 5.74) is 0.446. The Morgan fingerprint density at radius 2 is 2.18 bits per heavy atom. The van der Waals surface area contributed by atoms with Crippen LogP contribution in [-0.2, 0) is 4.79 Å². The monoisotopic (exact) mass is 306 g/mol. The van der Waals surface area contributed by atoms with E-state index in [1.54, 1.807) is 11.0 Å². The SMILES string of the molecule is CC1CCC(=O)N1[C@H]1c2cc([N+](=O)[O-])ccc2OCC[C@@H]1O. The van der Waals surface area contributed by atoms with Crippen molar-refractivity contribution in [3.63, 3.8) is 0 Å². The maximum Gasteiger partial charge on any atom is 0.270 e. The van der Waals surface area contributed by atoms with Gasteiger partial charge >= 0.3 is 0 Å². The third-order valence-electron chi connectivity index (χ3n) is 4.40. The molecule has 118 valence electrons. The number of nitrogens with zero attached hydrogens (tertiary/aromatic N) is 2. The van der Waals surface area contributed by atoms with E-state index in [4.69, 9.17) is 4.74 Å². The van der Waals surface area contributed by atoms with Gasteiger partial charge in [-0.2, -0.15) is 0 Å². The number of benzene rings is 1. The molecule has 22 heavy (non-hydrogen) atoms. The Hall–Kier alpha value is -2.15. The van der Waals surface area contributed by atoms with Gasteiger partial charge in [-0.3, -0.25) is 14.9 Å². The van der Waals surface area contributed by atoms with Crippen molar-refractivity contribution in [3.8, 4) is 5.75 Å². The molecule has 1 unspecified atom stereocenters. The van der Waals surface area contributed by atoms with Gasteiger partial charge in [0.05, 0.1) is 23.7 Å². The molecule has 7 heteroatoms. The van der Waals surface area contributed by atoms with Crippen molar-refractivity contribution in [1.29, 1.82) is 0 Å². The predicted octanol–water partition coefficient (Wildman–Crippen LogP) is 1.79. The average Bonchev–Trinajstić information content (AvgIpc) is 2.71. The summed E-state index contributed by atoms with van der Waals surface area (Å²) in [6, 6.07) is 3.74. The van der Waals surface area contributed by atoms with Crippen molar-refractivity contribution in [1.82, 2.24) is 4.90 Å². The molecule has 1 aromatic rings. The van der Waals surface area contributed by atoms with Crippen molar-refractivity contribution in [2.45, 2.75) is 44.4 Å². The number of ether oxygens (including phenoxy) is 1. The Morgan fingerprint density at radius 1 is 1.41 bits per heavy atom. The van der Waals surface area contributed by atoms with E-state index in [0.717, 1.165) is 6.42 Å². The number of aliphatic hydroxyl groups is 1. The minimum atomic E-state index is -0.798. The zero-order chi connectivity index (χ0) is 15.9. The summed E-state index contributed by atoms with van der Waals surface area (Å²) in [4.78, 5) is 24.4. The van der Waals surface area contributed by atoms with E-state index in [-0.39, 0.29) is 17.6 Å². The van der Waals surface area contributed by atoms with E-state index in [1.807, 2.05) is 6.92 Å². The Bertz CT molecular complexity index is 618. The highest BCUT2D eigenvalue weighted by atomic mass is 16.6. The quantitative estimate of drug-likeness (QED) is 0.664. The summed E-state index contributed by atoms with van der Waals surface area (Å²) in [6.07, 6.45) is 0.750. The van der Waals surface area contributed by atoms with Gasteiger partial charge in [-0.15, -0.1) is 0 Å². The van der Waals surface area contributed by atoms with Crippen molar-refractivity contribution in [2.24, 2.45) is 0 Å². The van der Waals surface area contributed by atoms with Crippen LogP contribution in [0, 0.1) is 10.1 Å². The van der Waals surface area contributed by atoms with Crippen LogP contribution >= 0.6 is 0 Å². The van der Waals surface area contributed by atoms with Gasteiger partial charge in [0.25, 0.3) is 5.69 Å². The molecule has 3 atom stereocenters. The van der Waals surface area contributed by atoms with Gasteiger partial charge in [0.15, 0.2) is 0 Å². The van der Waals surface area contributed by atoms with E-state index in [9.17, 15) is 20.0 Å². The van der Waals surface area contributed by atoms with Gasteiger partial charge in [0.1, 0.15) is 5.75 Å². The second kappa shape index (κ2) is 5.57. The zero-order valence-electron chi connectivity index (χ0n) is 12.3. The topological polar surface area (TPSA) is 92.9 Å². The fourth-order valence-electron chi connectivity index (χ4n) is 3.28. The lowest BCUT2D eigenvalue weighted by molar-refractivity contribution is -0.385. The first-order valence-electron chi connectivity index (χ1n) is 7.39. The number of nitro groups is 1. The molecule has 1 amide bonds. The lowest BCUT2D eigenvalue weighted by atomic mass is 9.96. The van der Waals surface area contributed by atoms with Crippen LogP contribution in [0.1, 0.15) is 37.8 Å². The summed E-state index contributed by atoms with van der Waals surface area (Å²) in [6.45, 7) is 2.25. The minimum absolute atomic E-state index is 0.00244. The van der Waals surface area contributed by atoms with Crippen LogP contribution < -0.4 is 4.74 Å². The Morgan fingerprint density at radius 3 is 2.82 bits per heavy atom. The van der Waals surface area contributed by atoms with E-state index in [0.29, 0.717) is 30.8 Å². The third kappa shape index (κ3) is 2.41. The molecule has 0 spiro atoms. The van der Waals surface area contributed by atoms with Crippen molar-refractivity contribution >= 4 is 11.6 Å². The van der Waals surface area contributed by atoms with Gasteiger partial charge in [-0.25, -0.2) is 0 Å². The Balaban J connectivity index is 2.10. The number of carbonyl (C=O) groups is 1. The Kier molecular flexibility index (Phi) is 3.74. The van der Waals surface area contributed by atoms with E-state index in [1.165, 1.54) is 12.1 Å². The predicted molar refractivity (Wildman–Crippen MR) is 77.5 cm³/mol. The molecular formula is C15H18N2O5. The molecular weight excluding hydrogens is 288 g/mol. The number of non-ortho nitro benzene ring substituents is 1. The molecule has 0 aromatic heterocycles. The van der Waals surface area contributed by atoms with Crippen LogP contribution in [0.2, 0.25) is 0 Å². The number of likely N-dealkylation sites (tertiary alicyclic amines) is 1. The van der Waals surface area contributed by atoms with Crippen molar-refractivity contribution < 1.29 is 19.6 Å². The Labute approximate surface area is 127 Å². The third-order valence-corrected chi connectivity index (χ3v) is 4.40. The standard InChI is InChI=1S/C15H18N2O5/c1-9-2-5-14(19)16(9)15-11-8-10(17(20)21)3-4-13(11)22-7-6-12(15)18/h3-4,8-9,12,15,18H,2,5-7H2,1H3/t9?,12-,15-/m0/s1. The van der Waals surface area contributed by atoms with Crippen LogP contribution in [0.3, 0.4) is 0 Å². The van der Waals surface area contributed by atoms with Gasteiger partial charge in [-0.05, 0) is 19.4 Å². The smallest absolute Gasteiger partial charge is 0.270 e. The van der Waals surface area contributed by atoms with Gasteiger partial charge in [-0.1, -0.05) is 0 Å². The van der Waals surface area contributed by atoms with E-state index < -0.39 is 17.1 Å². The highest BCUT2D eigenvalue weighted by Gasteiger charge is 2.41. The molecule has 0 radical (unpaired) electrons. The summed E-state index contributed by atoms with van der Waals surface area (Å²) in [5.74, 6) is 0.468. The molecule has 0 saturated carbocycles. The first-order valence-corrected chi connectivity index (χ1v) is 7.39. The van der Waals surface area contributed by atoms with Crippen molar-refractivity contribution in [2.75, 3.05) is 6.61 Å². The largest absolute Gasteiger partial charge is 0.493 e. The molecule has 1 N–H and O–H groups in total. The maximum atomic E-state index is 12.2. The molecule has 1 saturated heterocycles. The number of hydrogen-bond donors (Lipinski definition) is 1. The number of aliphatic hydroxyl groups excluding tert-OH is 1. The molecule has 1 fully saturated rings. The van der Waals surface area contributed by atoms with Crippen LogP contribution in [-0.4, -0.2) is 39.6 Å². The number of nitro benzene ring substituents is 1. The molecule has 3 rings (SSSR count). The molecule has 2 aliphatic heterocycles. The number of amides is 1. The molecule has 2 aliphatic rings. The van der Waals surface area contributed by atoms with Gasteiger partial charge < -0.3 is 14.7 Å². The van der Waals surface area contributed by atoms with Crippen LogP contribution in [0.25, 0.3) is 0 Å². The van der Waals surface area contributed by atoms with E-state index >= 15 is 0 Å². The summed E-state index contributed by atoms with van der Waals surface area (Å²) in [7, 11) is 0. The molecule has 7 nitrogen and oxygen atoms in total. The van der Waals surface area contributed by atoms with Gasteiger partial charge in [0.2, 0.25) is 5.91 Å². The van der Waals surface area contributed by atoms with Crippen LogP contribution in [0.5, 0.6) is 5.75 Å². The molecule has 1 aromatic carbocycles. The van der Waals surface area contributed by atoms with Crippen LogP contribution in [0.15, 0.2) is 18.2 Å².